The van der Waals surface area contributed by atoms with Crippen molar-refractivity contribution < 1.29 is 17.9 Å². The number of benzene rings is 2. The van der Waals surface area contributed by atoms with Crippen molar-refractivity contribution in [2.45, 2.75) is 4.90 Å². The van der Waals surface area contributed by atoms with E-state index in [1.165, 1.54) is 31.5 Å². The van der Waals surface area contributed by atoms with Crippen molar-refractivity contribution in [3.05, 3.63) is 77.4 Å². The van der Waals surface area contributed by atoms with Crippen LogP contribution in [0.5, 0.6) is 5.75 Å². The number of rotatable bonds is 6. The van der Waals surface area contributed by atoms with Gasteiger partial charge in [-0.05, 0) is 54.6 Å². The molecule has 7 nitrogen and oxygen atoms in total. The van der Waals surface area contributed by atoms with Crippen LogP contribution in [0, 0.1) is 0 Å². The van der Waals surface area contributed by atoms with Crippen molar-refractivity contribution in [1.29, 1.82) is 0 Å². The summed E-state index contributed by atoms with van der Waals surface area (Å²) in [6.45, 7) is 0. The molecule has 1 aromatic heterocycles. The van der Waals surface area contributed by atoms with Crippen molar-refractivity contribution in [3.63, 3.8) is 0 Å². The largest absolute Gasteiger partial charge is 0.497 e. The lowest BCUT2D eigenvalue weighted by Crippen LogP contribution is -2.16. The predicted molar refractivity (Wildman–Crippen MR) is 107 cm³/mol. The number of halogens is 1. The summed E-state index contributed by atoms with van der Waals surface area (Å²) in [5.74, 6) is 0.439. The molecule has 3 rings (SSSR count). The van der Waals surface area contributed by atoms with Gasteiger partial charge in [-0.15, -0.1) is 0 Å². The highest BCUT2D eigenvalue weighted by Crippen LogP contribution is 2.26. The molecule has 0 aliphatic heterocycles. The maximum atomic E-state index is 12.7. The number of pyridine rings is 1. The van der Waals surface area contributed by atoms with Crippen LogP contribution in [0.4, 0.5) is 11.5 Å². The van der Waals surface area contributed by atoms with E-state index < -0.39 is 15.9 Å². The highest BCUT2D eigenvalue weighted by atomic mass is 35.5. The minimum absolute atomic E-state index is 0.00426. The number of sulfonamides is 1. The Balaban J connectivity index is 1.86. The molecule has 0 bridgehead atoms. The maximum Gasteiger partial charge on any atom is 0.263 e. The topological polar surface area (TPSA) is 97.4 Å². The quantitative estimate of drug-likeness (QED) is 0.635. The second kappa shape index (κ2) is 8.28. The fraction of sp³-hybridized carbons (Fsp3) is 0.0526. The standard InChI is InChI=1S/C19H16ClN3O4S/c1-27-15-8-6-14(7-9-15)23-28(25,26)17-12-13(5-10-16(17)20)19(24)22-18-4-2-3-11-21-18/h2-12,23H,1H3,(H,21,22,24). The zero-order valence-electron chi connectivity index (χ0n) is 14.7. The van der Waals surface area contributed by atoms with Crippen molar-refractivity contribution >= 4 is 39.0 Å². The van der Waals surface area contributed by atoms with Crippen LogP contribution >= 0.6 is 11.6 Å². The van der Waals surface area contributed by atoms with Crippen molar-refractivity contribution in [3.8, 4) is 5.75 Å². The zero-order valence-corrected chi connectivity index (χ0v) is 16.3. The van der Waals surface area contributed by atoms with Crippen molar-refractivity contribution in [2.24, 2.45) is 0 Å². The number of hydrogen-bond donors (Lipinski definition) is 2. The van der Waals surface area contributed by atoms with Gasteiger partial charge >= 0.3 is 0 Å². The number of nitrogens with one attached hydrogen (secondary N) is 2. The van der Waals surface area contributed by atoms with E-state index in [4.69, 9.17) is 16.3 Å². The molecular formula is C19H16ClN3O4S. The van der Waals surface area contributed by atoms with Gasteiger partial charge in [-0.1, -0.05) is 17.7 Å². The van der Waals surface area contributed by atoms with Gasteiger partial charge in [0.25, 0.3) is 15.9 Å². The Hall–Kier alpha value is -3.10. The van der Waals surface area contributed by atoms with E-state index >= 15 is 0 Å². The number of hydrogen-bond acceptors (Lipinski definition) is 5. The third-order valence-corrected chi connectivity index (χ3v) is 5.59. The first-order valence-electron chi connectivity index (χ1n) is 8.08. The van der Waals surface area contributed by atoms with Crippen LogP contribution in [0.1, 0.15) is 10.4 Å². The number of amides is 1. The highest BCUT2D eigenvalue weighted by Gasteiger charge is 2.20. The lowest BCUT2D eigenvalue weighted by molar-refractivity contribution is 0.102. The van der Waals surface area contributed by atoms with Crippen LogP contribution < -0.4 is 14.8 Å². The molecule has 0 radical (unpaired) electrons. The normalized spacial score (nSPS) is 10.9. The fourth-order valence-corrected chi connectivity index (χ4v) is 3.93. The molecule has 0 fully saturated rings. The summed E-state index contributed by atoms with van der Waals surface area (Å²) in [5, 5.41) is 2.59. The van der Waals surface area contributed by atoms with Gasteiger partial charge in [0, 0.05) is 17.4 Å². The minimum atomic E-state index is -4.01. The summed E-state index contributed by atoms with van der Waals surface area (Å²) in [4.78, 5) is 16.2. The van der Waals surface area contributed by atoms with Crippen LogP contribution in [0.15, 0.2) is 71.8 Å². The first-order chi connectivity index (χ1) is 13.4. The van der Waals surface area contributed by atoms with E-state index in [1.54, 1.807) is 42.5 Å². The van der Waals surface area contributed by atoms with E-state index in [0.29, 0.717) is 17.3 Å². The molecule has 2 N–H and O–H groups in total. The molecule has 2 aromatic carbocycles. The van der Waals surface area contributed by atoms with E-state index in [9.17, 15) is 13.2 Å². The van der Waals surface area contributed by atoms with Crippen molar-refractivity contribution in [2.75, 3.05) is 17.1 Å². The number of methoxy groups -OCH3 is 1. The summed E-state index contributed by atoms with van der Waals surface area (Å²) in [5.41, 5.74) is 0.463. The molecule has 0 spiro atoms. The molecule has 9 heteroatoms. The third-order valence-electron chi connectivity index (χ3n) is 3.73. The molecule has 0 aliphatic rings. The number of carbonyl (C=O) groups is 1. The Morgan fingerprint density at radius 3 is 2.46 bits per heavy atom. The number of carbonyl (C=O) groups excluding carboxylic acids is 1. The summed E-state index contributed by atoms with van der Waals surface area (Å²) in [7, 11) is -2.50. The van der Waals surface area contributed by atoms with Crippen LogP contribution in [-0.2, 0) is 10.0 Å². The van der Waals surface area contributed by atoms with Gasteiger partial charge in [-0.3, -0.25) is 9.52 Å². The number of anilines is 2. The number of aromatic nitrogens is 1. The average Bonchev–Trinajstić information content (AvgIpc) is 2.69. The second-order valence-electron chi connectivity index (χ2n) is 5.65. The smallest absolute Gasteiger partial charge is 0.263 e. The van der Waals surface area contributed by atoms with Gasteiger partial charge in [0.2, 0.25) is 0 Å². The SMILES string of the molecule is COc1ccc(NS(=O)(=O)c2cc(C(=O)Nc3ccccn3)ccc2Cl)cc1. The lowest BCUT2D eigenvalue weighted by atomic mass is 10.2. The molecule has 1 heterocycles. The predicted octanol–water partition coefficient (Wildman–Crippen LogP) is 3.80. The first kappa shape index (κ1) is 19.7. The maximum absolute atomic E-state index is 12.7. The number of ether oxygens (including phenoxy) is 1. The highest BCUT2D eigenvalue weighted by molar-refractivity contribution is 7.92. The van der Waals surface area contributed by atoms with Crippen LogP contribution in [0.3, 0.4) is 0 Å². The zero-order chi connectivity index (χ0) is 20.1. The summed E-state index contributed by atoms with van der Waals surface area (Å²) in [6.07, 6.45) is 1.53. The molecule has 0 saturated heterocycles. The molecule has 0 atom stereocenters. The lowest BCUT2D eigenvalue weighted by Gasteiger charge is -2.11. The summed E-state index contributed by atoms with van der Waals surface area (Å²) in [6, 6.07) is 15.4. The molecule has 144 valence electrons. The molecule has 3 aromatic rings. The Morgan fingerprint density at radius 1 is 1.07 bits per heavy atom. The molecule has 0 saturated carbocycles. The third kappa shape index (κ3) is 4.59. The van der Waals surface area contributed by atoms with Gasteiger partial charge in [-0.25, -0.2) is 13.4 Å². The Bertz CT molecular complexity index is 1090. The van der Waals surface area contributed by atoms with Gasteiger partial charge < -0.3 is 10.1 Å². The van der Waals surface area contributed by atoms with Gasteiger partial charge in [0.1, 0.15) is 16.5 Å². The molecule has 0 unspecified atom stereocenters. The second-order valence-corrected chi connectivity index (χ2v) is 7.71. The van der Waals surface area contributed by atoms with E-state index in [2.05, 4.69) is 15.0 Å². The molecule has 0 aliphatic carbocycles. The van der Waals surface area contributed by atoms with Crippen LogP contribution in [0.2, 0.25) is 5.02 Å². The van der Waals surface area contributed by atoms with Gasteiger partial charge in [0.15, 0.2) is 0 Å². The van der Waals surface area contributed by atoms with E-state index in [1.807, 2.05) is 0 Å². The molecule has 1 amide bonds. The monoisotopic (exact) mass is 417 g/mol. The van der Waals surface area contributed by atoms with Crippen LogP contribution in [-0.4, -0.2) is 26.4 Å². The Morgan fingerprint density at radius 2 is 1.82 bits per heavy atom. The summed E-state index contributed by atoms with van der Waals surface area (Å²) < 4.78 is 33.0. The van der Waals surface area contributed by atoms with E-state index in [0.717, 1.165) is 0 Å². The Labute approximate surface area is 167 Å². The van der Waals surface area contributed by atoms with Gasteiger partial charge in [-0.2, -0.15) is 0 Å². The fourth-order valence-electron chi connectivity index (χ4n) is 2.34. The van der Waals surface area contributed by atoms with Gasteiger partial charge in [0.05, 0.1) is 12.1 Å². The molecule has 28 heavy (non-hydrogen) atoms. The summed E-state index contributed by atoms with van der Waals surface area (Å²) >= 11 is 6.08. The minimum Gasteiger partial charge on any atom is -0.497 e. The van der Waals surface area contributed by atoms with Crippen molar-refractivity contribution in [1.82, 2.24) is 4.98 Å². The van der Waals surface area contributed by atoms with E-state index in [-0.39, 0.29) is 15.5 Å². The first-order valence-corrected chi connectivity index (χ1v) is 9.94. The number of nitrogens with zero attached hydrogens (tertiary/aromatic N) is 1. The molecular weight excluding hydrogens is 402 g/mol. The van der Waals surface area contributed by atoms with Crippen LogP contribution in [0.25, 0.3) is 0 Å². The Kier molecular flexibility index (Phi) is 5.81. The average molecular weight is 418 g/mol.